The number of carboxylic acids is 2. The SMILES string of the molecule is NC(Cc1nc2ccccc2n1CC(=O)O)C(=O)O. The Morgan fingerprint density at radius 2 is 2.00 bits per heavy atom. The van der Waals surface area contributed by atoms with Crippen molar-refractivity contribution in [3.63, 3.8) is 0 Å². The number of benzene rings is 1. The van der Waals surface area contributed by atoms with E-state index in [1.165, 1.54) is 4.57 Å². The van der Waals surface area contributed by atoms with Crippen LogP contribution < -0.4 is 5.73 Å². The van der Waals surface area contributed by atoms with Crippen molar-refractivity contribution in [3.05, 3.63) is 30.1 Å². The molecule has 2 aromatic rings. The minimum absolute atomic E-state index is 0.0166. The first-order valence-corrected chi connectivity index (χ1v) is 5.63. The molecule has 1 atom stereocenters. The van der Waals surface area contributed by atoms with Gasteiger partial charge in [-0.2, -0.15) is 0 Å². The smallest absolute Gasteiger partial charge is 0.323 e. The van der Waals surface area contributed by atoms with Crippen molar-refractivity contribution in [3.8, 4) is 0 Å². The van der Waals surface area contributed by atoms with Gasteiger partial charge >= 0.3 is 11.9 Å². The zero-order valence-corrected chi connectivity index (χ0v) is 9.98. The molecule has 1 heterocycles. The van der Waals surface area contributed by atoms with Crippen molar-refractivity contribution in [1.29, 1.82) is 0 Å². The van der Waals surface area contributed by atoms with Crippen LogP contribution >= 0.6 is 0 Å². The van der Waals surface area contributed by atoms with Crippen molar-refractivity contribution in [2.45, 2.75) is 19.0 Å². The van der Waals surface area contributed by atoms with Gasteiger partial charge in [0.2, 0.25) is 0 Å². The number of hydrogen-bond donors (Lipinski definition) is 3. The molecule has 0 amide bonds. The van der Waals surface area contributed by atoms with Gasteiger partial charge in [0.25, 0.3) is 0 Å². The highest BCUT2D eigenvalue weighted by atomic mass is 16.4. The highest BCUT2D eigenvalue weighted by molar-refractivity contribution is 5.79. The number of fused-ring (bicyclic) bond motifs is 1. The fraction of sp³-hybridized carbons (Fsp3) is 0.250. The van der Waals surface area contributed by atoms with Crippen molar-refractivity contribution >= 4 is 23.0 Å². The monoisotopic (exact) mass is 263 g/mol. The van der Waals surface area contributed by atoms with Crippen LogP contribution in [0.25, 0.3) is 11.0 Å². The van der Waals surface area contributed by atoms with Crippen LogP contribution in [-0.4, -0.2) is 37.7 Å². The van der Waals surface area contributed by atoms with E-state index in [4.69, 9.17) is 15.9 Å². The molecule has 0 bridgehead atoms. The first-order valence-electron chi connectivity index (χ1n) is 5.63. The van der Waals surface area contributed by atoms with E-state index < -0.39 is 18.0 Å². The molecule has 0 fully saturated rings. The summed E-state index contributed by atoms with van der Waals surface area (Å²) < 4.78 is 1.47. The Morgan fingerprint density at radius 1 is 1.32 bits per heavy atom. The number of carboxylic acid groups (broad SMARTS) is 2. The third kappa shape index (κ3) is 2.71. The van der Waals surface area contributed by atoms with E-state index >= 15 is 0 Å². The van der Waals surface area contributed by atoms with Gasteiger partial charge in [0.15, 0.2) is 0 Å². The third-order valence-electron chi connectivity index (χ3n) is 2.75. The molecule has 7 nitrogen and oxygen atoms in total. The van der Waals surface area contributed by atoms with Gasteiger partial charge < -0.3 is 20.5 Å². The summed E-state index contributed by atoms with van der Waals surface area (Å²) in [4.78, 5) is 25.9. The van der Waals surface area contributed by atoms with Crippen LogP contribution in [0.4, 0.5) is 0 Å². The van der Waals surface area contributed by atoms with E-state index in [-0.39, 0.29) is 13.0 Å². The van der Waals surface area contributed by atoms with Gasteiger partial charge in [-0.25, -0.2) is 4.98 Å². The van der Waals surface area contributed by atoms with Crippen LogP contribution in [-0.2, 0) is 22.6 Å². The number of nitrogens with two attached hydrogens (primary N) is 1. The Balaban J connectivity index is 2.46. The van der Waals surface area contributed by atoms with E-state index in [2.05, 4.69) is 4.98 Å². The molecular formula is C12H13N3O4. The summed E-state index contributed by atoms with van der Waals surface area (Å²) in [5.41, 5.74) is 6.74. The van der Waals surface area contributed by atoms with Crippen molar-refractivity contribution in [2.75, 3.05) is 0 Å². The van der Waals surface area contributed by atoms with Crippen molar-refractivity contribution in [2.24, 2.45) is 5.73 Å². The Bertz CT molecular complexity index is 635. The maximum Gasteiger partial charge on any atom is 0.323 e. The van der Waals surface area contributed by atoms with Crippen LogP contribution in [0.3, 0.4) is 0 Å². The second kappa shape index (κ2) is 5.07. The molecule has 1 unspecified atom stereocenters. The summed E-state index contributed by atoms with van der Waals surface area (Å²) in [6.45, 7) is -0.276. The van der Waals surface area contributed by atoms with E-state index in [1.54, 1.807) is 24.3 Å². The van der Waals surface area contributed by atoms with Gasteiger partial charge in [-0.15, -0.1) is 0 Å². The molecule has 2 rings (SSSR count). The predicted molar refractivity (Wildman–Crippen MR) is 66.7 cm³/mol. The average Bonchev–Trinajstić information content (AvgIpc) is 2.67. The Hall–Kier alpha value is -2.41. The van der Waals surface area contributed by atoms with Gasteiger partial charge in [0, 0.05) is 6.42 Å². The van der Waals surface area contributed by atoms with Crippen molar-refractivity contribution in [1.82, 2.24) is 9.55 Å². The minimum atomic E-state index is -1.14. The van der Waals surface area contributed by atoms with Crippen LogP contribution in [0, 0.1) is 0 Å². The fourth-order valence-corrected chi connectivity index (χ4v) is 1.88. The molecule has 19 heavy (non-hydrogen) atoms. The third-order valence-corrected chi connectivity index (χ3v) is 2.75. The molecule has 4 N–H and O–H groups in total. The second-order valence-corrected chi connectivity index (χ2v) is 4.15. The lowest BCUT2D eigenvalue weighted by Crippen LogP contribution is -2.33. The average molecular weight is 263 g/mol. The Morgan fingerprint density at radius 3 is 2.63 bits per heavy atom. The van der Waals surface area contributed by atoms with E-state index in [0.29, 0.717) is 16.9 Å². The van der Waals surface area contributed by atoms with Crippen LogP contribution in [0.5, 0.6) is 0 Å². The lowest BCUT2D eigenvalue weighted by Gasteiger charge is -2.08. The first-order chi connectivity index (χ1) is 8.99. The van der Waals surface area contributed by atoms with E-state index in [1.807, 2.05) is 0 Å². The maximum absolute atomic E-state index is 10.9. The summed E-state index contributed by atoms with van der Waals surface area (Å²) in [5, 5.41) is 17.7. The number of rotatable bonds is 5. The molecule has 0 saturated heterocycles. The quantitative estimate of drug-likeness (QED) is 0.702. The van der Waals surface area contributed by atoms with Crippen molar-refractivity contribution < 1.29 is 19.8 Å². The fourth-order valence-electron chi connectivity index (χ4n) is 1.88. The van der Waals surface area contributed by atoms with Gasteiger partial charge in [0.1, 0.15) is 18.4 Å². The standard InChI is InChI=1S/C12H13N3O4/c13-7(12(18)19)5-10-14-8-3-1-2-4-9(8)15(10)6-11(16)17/h1-4,7H,5-6,13H2,(H,16,17)(H,18,19). The van der Waals surface area contributed by atoms with Gasteiger partial charge in [-0.1, -0.05) is 12.1 Å². The maximum atomic E-state index is 10.9. The number of para-hydroxylation sites is 2. The zero-order valence-electron chi connectivity index (χ0n) is 9.98. The number of aliphatic carboxylic acids is 2. The highest BCUT2D eigenvalue weighted by Gasteiger charge is 2.19. The molecule has 0 aliphatic heterocycles. The van der Waals surface area contributed by atoms with Gasteiger partial charge in [0.05, 0.1) is 11.0 Å². The summed E-state index contributed by atoms with van der Waals surface area (Å²) >= 11 is 0. The largest absolute Gasteiger partial charge is 0.480 e. The lowest BCUT2D eigenvalue weighted by molar-refractivity contribution is -0.138. The molecule has 7 heteroatoms. The molecule has 1 aromatic carbocycles. The Kier molecular flexibility index (Phi) is 3.48. The van der Waals surface area contributed by atoms with Crippen LogP contribution in [0.15, 0.2) is 24.3 Å². The summed E-state index contributed by atoms with van der Waals surface area (Å²) in [5.74, 6) is -1.80. The molecule has 0 aliphatic carbocycles. The normalized spacial score (nSPS) is 12.5. The molecule has 0 saturated carbocycles. The topological polar surface area (TPSA) is 118 Å². The summed E-state index contributed by atoms with van der Waals surface area (Å²) in [6, 6.07) is 5.92. The number of nitrogens with zero attached hydrogens (tertiary/aromatic N) is 2. The minimum Gasteiger partial charge on any atom is -0.480 e. The molecule has 100 valence electrons. The summed E-state index contributed by atoms with van der Waals surface area (Å²) in [7, 11) is 0. The van der Waals surface area contributed by atoms with E-state index in [9.17, 15) is 9.59 Å². The highest BCUT2D eigenvalue weighted by Crippen LogP contribution is 2.16. The number of imidazole rings is 1. The zero-order chi connectivity index (χ0) is 14.0. The molecule has 0 radical (unpaired) electrons. The molecule has 0 aliphatic rings. The molecular weight excluding hydrogens is 250 g/mol. The summed E-state index contributed by atoms with van der Waals surface area (Å²) in [6.07, 6.45) is -0.0166. The van der Waals surface area contributed by atoms with Crippen LogP contribution in [0.1, 0.15) is 5.82 Å². The predicted octanol–water partition coefficient (Wildman–Crippen LogP) is 0.0753. The van der Waals surface area contributed by atoms with E-state index in [0.717, 1.165) is 0 Å². The van der Waals surface area contributed by atoms with Gasteiger partial charge in [-0.3, -0.25) is 9.59 Å². The van der Waals surface area contributed by atoms with Crippen LogP contribution in [0.2, 0.25) is 0 Å². The van der Waals surface area contributed by atoms with Gasteiger partial charge in [-0.05, 0) is 12.1 Å². The first kappa shape index (κ1) is 13.0. The molecule has 0 spiro atoms. The number of aromatic nitrogens is 2. The Labute approximate surface area is 108 Å². The number of hydrogen-bond acceptors (Lipinski definition) is 4. The lowest BCUT2D eigenvalue weighted by atomic mass is 10.2. The number of carbonyl (C=O) groups is 2. The molecule has 1 aromatic heterocycles. The second-order valence-electron chi connectivity index (χ2n) is 4.15.